The summed E-state index contributed by atoms with van der Waals surface area (Å²) in [6, 6.07) is 95.7. The Morgan fingerprint density at radius 3 is 1.37 bits per heavy atom. The van der Waals surface area contributed by atoms with Gasteiger partial charge in [0.2, 0.25) is 0 Å². The lowest BCUT2D eigenvalue weighted by Crippen LogP contribution is -2.02. The molecular formula is C76H50N6S. The molecule has 6 nitrogen and oxygen atoms in total. The van der Waals surface area contributed by atoms with Crippen molar-refractivity contribution in [2.45, 2.75) is 13.8 Å². The normalized spacial score (nSPS) is 11.7. The Labute approximate surface area is 483 Å². The van der Waals surface area contributed by atoms with Gasteiger partial charge in [0.05, 0.1) is 33.5 Å². The molecule has 0 aliphatic carbocycles. The number of pyridine rings is 1. The van der Waals surface area contributed by atoms with Crippen LogP contribution >= 0.6 is 11.3 Å². The van der Waals surface area contributed by atoms with Gasteiger partial charge in [0.15, 0.2) is 17.5 Å². The molecule has 5 heterocycles. The van der Waals surface area contributed by atoms with Crippen LogP contribution in [0.5, 0.6) is 0 Å². The number of fused-ring (bicyclic) bond motifs is 9. The van der Waals surface area contributed by atoms with Gasteiger partial charge in [-0.25, -0.2) is 19.9 Å². The molecule has 7 heteroatoms. The van der Waals surface area contributed by atoms with Crippen LogP contribution in [0.15, 0.2) is 267 Å². The maximum absolute atomic E-state index is 5.90. The van der Waals surface area contributed by atoms with Crippen LogP contribution in [-0.4, -0.2) is 29.1 Å². The van der Waals surface area contributed by atoms with Crippen molar-refractivity contribution in [2.75, 3.05) is 0 Å². The quantitative estimate of drug-likeness (QED) is 0.144. The lowest BCUT2D eigenvalue weighted by Gasteiger charge is -2.21. The maximum atomic E-state index is 5.90. The molecule has 0 spiro atoms. The fraction of sp³-hybridized carbons (Fsp3) is 0.0263. The molecule has 0 saturated heterocycles. The summed E-state index contributed by atoms with van der Waals surface area (Å²) >= 11 is 1.83. The molecule has 0 aliphatic heterocycles. The number of para-hydroxylation sites is 2. The Hall–Kier alpha value is -10.6. The molecule has 16 aromatic rings. The van der Waals surface area contributed by atoms with Crippen molar-refractivity contribution in [3.8, 4) is 90.3 Å². The average molecular weight is 1080 g/mol. The van der Waals surface area contributed by atoms with Gasteiger partial charge in [0, 0.05) is 92.0 Å². The molecule has 0 bridgehead atoms. The van der Waals surface area contributed by atoms with E-state index in [0.29, 0.717) is 17.5 Å². The number of hydrogen-bond donors (Lipinski definition) is 0. The Morgan fingerprint density at radius 1 is 0.301 bits per heavy atom. The highest BCUT2D eigenvalue weighted by molar-refractivity contribution is 7.26. The number of rotatable bonds is 9. The number of benzene rings is 11. The zero-order chi connectivity index (χ0) is 55.1. The van der Waals surface area contributed by atoms with Crippen LogP contribution in [0.1, 0.15) is 11.1 Å². The van der Waals surface area contributed by atoms with E-state index in [0.717, 1.165) is 72.8 Å². The van der Waals surface area contributed by atoms with Crippen LogP contribution in [0.4, 0.5) is 0 Å². The molecule has 0 radical (unpaired) electrons. The van der Waals surface area contributed by atoms with E-state index in [2.05, 4.69) is 254 Å². The van der Waals surface area contributed by atoms with Crippen molar-refractivity contribution in [1.29, 1.82) is 0 Å². The molecule has 0 N–H and O–H groups in total. The van der Waals surface area contributed by atoms with Gasteiger partial charge < -0.3 is 9.13 Å². The number of aryl methyl sites for hydroxylation is 2. The minimum Gasteiger partial charge on any atom is -0.309 e. The number of aromatic nitrogens is 6. The van der Waals surface area contributed by atoms with Gasteiger partial charge in [-0.2, -0.15) is 0 Å². The molecule has 390 valence electrons. The summed E-state index contributed by atoms with van der Waals surface area (Å²) in [5, 5.41) is 7.40. The van der Waals surface area contributed by atoms with Gasteiger partial charge in [-0.1, -0.05) is 205 Å². The molecule has 16 rings (SSSR count). The molecule has 0 saturated carbocycles. The van der Waals surface area contributed by atoms with Gasteiger partial charge in [-0.05, 0) is 97.8 Å². The fourth-order valence-corrected chi connectivity index (χ4v) is 13.7. The maximum Gasteiger partial charge on any atom is 0.164 e. The van der Waals surface area contributed by atoms with E-state index in [9.17, 15) is 0 Å². The summed E-state index contributed by atoms with van der Waals surface area (Å²) in [6.45, 7) is 4.33. The van der Waals surface area contributed by atoms with Gasteiger partial charge in [0.1, 0.15) is 0 Å². The third-order valence-corrected chi connectivity index (χ3v) is 17.5. The van der Waals surface area contributed by atoms with Crippen molar-refractivity contribution >= 4 is 75.1 Å². The summed E-state index contributed by atoms with van der Waals surface area (Å²) in [4.78, 5) is 21.7. The monoisotopic (exact) mass is 1080 g/mol. The molecule has 0 aliphatic rings. The highest BCUT2D eigenvalue weighted by Crippen LogP contribution is 2.49. The van der Waals surface area contributed by atoms with E-state index >= 15 is 0 Å². The van der Waals surface area contributed by atoms with Gasteiger partial charge in [0.25, 0.3) is 0 Å². The van der Waals surface area contributed by atoms with Crippen molar-refractivity contribution in [1.82, 2.24) is 29.1 Å². The third-order valence-electron chi connectivity index (χ3n) is 16.3. The highest BCUT2D eigenvalue weighted by Gasteiger charge is 2.26. The summed E-state index contributed by atoms with van der Waals surface area (Å²) < 4.78 is 7.20. The fourth-order valence-electron chi connectivity index (χ4n) is 12.5. The van der Waals surface area contributed by atoms with Crippen LogP contribution in [0, 0.1) is 13.8 Å². The van der Waals surface area contributed by atoms with E-state index < -0.39 is 0 Å². The second kappa shape index (κ2) is 19.6. The zero-order valence-corrected chi connectivity index (χ0v) is 46.3. The molecular weight excluding hydrogens is 1030 g/mol. The first-order valence-corrected chi connectivity index (χ1v) is 28.9. The number of thiophene rings is 1. The van der Waals surface area contributed by atoms with E-state index in [1.807, 2.05) is 47.7 Å². The first-order valence-electron chi connectivity index (χ1n) is 28.1. The minimum absolute atomic E-state index is 0.579. The average Bonchev–Trinajstić information content (AvgIpc) is 3.86. The Kier molecular flexibility index (Phi) is 11.4. The number of hydrogen-bond acceptors (Lipinski definition) is 5. The Bertz CT molecular complexity index is 5150. The second-order valence-corrected chi connectivity index (χ2v) is 22.5. The molecule has 5 aromatic heterocycles. The lowest BCUT2D eigenvalue weighted by molar-refractivity contribution is 1.07. The smallest absolute Gasteiger partial charge is 0.164 e. The third kappa shape index (κ3) is 8.15. The molecule has 11 aromatic carbocycles. The predicted octanol–water partition coefficient (Wildman–Crippen LogP) is 20.1. The highest BCUT2D eigenvalue weighted by atomic mass is 32.1. The Morgan fingerprint density at radius 2 is 0.771 bits per heavy atom. The zero-order valence-electron chi connectivity index (χ0n) is 45.5. The van der Waals surface area contributed by atoms with Crippen LogP contribution in [0.25, 0.3) is 154 Å². The second-order valence-electron chi connectivity index (χ2n) is 21.5. The van der Waals surface area contributed by atoms with E-state index in [1.54, 1.807) is 0 Å². The van der Waals surface area contributed by atoms with Gasteiger partial charge >= 0.3 is 0 Å². The van der Waals surface area contributed by atoms with Crippen LogP contribution in [-0.2, 0) is 0 Å². The Balaban J connectivity index is 0.967. The van der Waals surface area contributed by atoms with Crippen LogP contribution in [0.2, 0.25) is 0 Å². The molecule has 0 atom stereocenters. The van der Waals surface area contributed by atoms with E-state index in [1.165, 1.54) is 74.9 Å². The molecule has 83 heavy (non-hydrogen) atoms. The first-order chi connectivity index (χ1) is 41.0. The lowest BCUT2D eigenvalue weighted by atomic mass is 9.87. The van der Waals surface area contributed by atoms with Crippen LogP contribution < -0.4 is 0 Å². The SMILES string of the molecule is Cc1ccc2c(c1)c1ccccc1n2-c1ccc(-c2cc(-c3ccccc3-c3nc(-c4ccccc4)nc(-c4ccccc4)n3)c(-c3cccc4c3sc3ccccc34)c(-c3ccc(-n4c5ccccc5c5cc(C)ccc54)cc3)n2)cc1. The van der Waals surface area contributed by atoms with Gasteiger partial charge in [-0.3, -0.25) is 0 Å². The molecule has 0 amide bonds. The van der Waals surface area contributed by atoms with Crippen molar-refractivity contribution in [2.24, 2.45) is 0 Å². The summed E-state index contributed by atoms with van der Waals surface area (Å²) in [6.07, 6.45) is 0. The predicted molar refractivity (Wildman–Crippen MR) is 347 cm³/mol. The summed E-state index contributed by atoms with van der Waals surface area (Å²) in [5.74, 6) is 1.79. The van der Waals surface area contributed by atoms with Crippen molar-refractivity contribution in [3.05, 3.63) is 278 Å². The minimum atomic E-state index is 0.579. The molecule has 0 fully saturated rings. The van der Waals surface area contributed by atoms with Gasteiger partial charge in [-0.15, -0.1) is 11.3 Å². The topological polar surface area (TPSA) is 61.4 Å². The van der Waals surface area contributed by atoms with E-state index in [-0.39, 0.29) is 0 Å². The summed E-state index contributed by atoms with van der Waals surface area (Å²) in [5.41, 5.74) is 19.8. The standard InChI is InChI=1S/C76H50N6S/c1-47-32-42-68-62(44-47)56-23-11-14-29-66(56)81(68)53-38-34-49(35-39-53)65-46-64(55-22-9-10-26-60(55)76-79-74(51-18-5-3-6-19-51)78-75(80-76)52-20-7-4-8-21-52)71(61-28-17-27-59-58-25-13-16-31-70(58)83-73(59)61)72(77-65)50-36-40-54(41-37-50)82-67-30-15-12-24-57(67)63-45-48(2)33-43-69(63)82/h3-46H,1-2H3. The first kappa shape index (κ1) is 48.3. The molecule has 0 unspecified atom stereocenters. The summed E-state index contributed by atoms with van der Waals surface area (Å²) in [7, 11) is 0. The van der Waals surface area contributed by atoms with Crippen molar-refractivity contribution in [3.63, 3.8) is 0 Å². The number of nitrogens with zero attached hydrogens (tertiary/aromatic N) is 6. The van der Waals surface area contributed by atoms with Crippen molar-refractivity contribution < 1.29 is 0 Å². The van der Waals surface area contributed by atoms with E-state index in [4.69, 9.17) is 19.9 Å². The largest absolute Gasteiger partial charge is 0.309 e. The van der Waals surface area contributed by atoms with Crippen LogP contribution in [0.3, 0.4) is 0 Å².